The lowest BCUT2D eigenvalue weighted by Gasteiger charge is -2.18. The number of hydrogen-bond acceptors (Lipinski definition) is 3. The van der Waals surface area contributed by atoms with Crippen molar-refractivity contribution in [2.45, 2.75) is 40.0 Å². The Morgan fingerprint density at radius 1 is 1.47 bits per heavy atom. The van der Waals surface area contributed by atoms with E-state index in [2.05, 4.69) is 24.3 Å². The predicted molar refractivity (Wildman–Crippen MR) is 73.0 cm³/mol. The van der Waals surface area contributed by atoms with Crippen molar-refractivity contribution >= 4 is 17.7 Å². The van der Waals surface area contributed by atoms with Crippen molar-refractivity contribution in [3.8, 4) is 0 Å². The first-order valence-corrected chi connectivity index (χ1v) is 6.82. The molecule has 108 valence electrons. The SMILES string of the molecule is CCC(CC)CN1N=C(C(C)CNC(=O)O)CC1=O. The van der Waals surface area contributed by atoms with Crippen LogP contribution in [0.4, 0.5) is 4.79 Å². The van der Waals surface area contributed by atoms with Crippen LogP contribution >= 0.6 is 0 Å². The van der Waals surface area contributed by atoms with Crippen LogP contribution in [0.3, 0.4) is 0 Å². The Bertz CT molecular complexity index is 364. The maximum absolute atomic E-state index is 11.9. The van der Waals surface area contributed by atoms with Gasteiger partial charge in [0, 0.05) is 19.0 Å². The van der Waals surface area contributed by atoms with Crippen LogP contribution in [0.25, 0.3) is 0 Å². The lowest BCUT2D eigenvalue weighted by Crippen LogP contribution is -2.30. The largest absolute Gasteiger partial charge is 0.465 e. The van der Waals surface area contributed by atoms with Gasteiger partial charge in [0.1, 0.15) is 0 Å². The fourth-order valence-electron chi connectivity index (χ4n) is 2.06. The highest BCUT2D eigenvalue weighted by Crippen LogP contribution is 2.18. The summed E-state index contributed by atoms with van der Waals surface area (Å²) in [5, 5.41) is 16.8. The van der Waals surface area contributed by atoms with Crippen LogP contribution in [-0.2, 0) is 4.79 Å². The fraction of sp³-hybridized carbons (Fsp3) is 0.769. The van der Waals surface area contributed by atoms with Crippen molar-refractivity contribution in [2.75, 3.05) is 13.1 Å². The van der Waals surface area contributed by atoms with Crippen LogP contribution in [-0.4, -0.2) is 40.9 Å². The van der Waals surface area contributed by atoms with E-state index in [9.17, 15) is 9.59 Å². The molecule has 6 heteroatoms. The molecule has 0 aromatic heterocycles. The maximum Gasteiger partial charge on any atom is 0.404 e. The van der Waals surface area contributed by atoms with E-state index in [-0.39, 0.29) is 11.8 Å². The normalized spacial score (nSPS) is 16.7. The molecule has 1 heterocycles. The maximum atomic E-state index is 11.9. The average molecular weight is 269 g/mol. The minimum absolute atomic E-state index is 0.0177. The summed E-state index contributed by atoms with van der Waals surface area (Å²) in [7, 11) is 0. The Morgan fingerprint density at radius 3 is 2.63 bits per heavy atom. The summed E-state index contributed by atoms with van der Waals surface area (Å²) in [5.41, 5.74) is 0.768. The molecule has 1 rings (SSSR count). The molecule has 0 bridgehead atoms. The second-order valence-electron chi connectivity index (χ2n) is 5.01. The predicted octanol–water partition coefficient (Wildman–Crippen LogP) is 1.91. The van der Waals surface area contributed by atoms with Crippen LogP contribution in [0.5, 0.6) is 0 Å². The molecule has 1 aliphatic rings. The monoisotopic (exact) mass is 269 g/mol. The number of carboxylic acid groups (broad SMARTS) is 1. The number of rotatable bonds is 7. The Labute approximate surface area is 113 Å². The van der Waals surface area contributed by atoms with Gasteiger partial charge in [-0.05, 0) is 5.92 Å². The third-order valence-electron chi connectivity index (χ3n) is 3.58. The minimum Gasteiger partial charge on any atom is -0.465 e. The number of carbonyl (C=O) groups is 2. The molecule has 1 aliphatic heterocycles. The number of hydrogen-bond donors (Lipinski definition) is 2. The molecular formula is C13H23N3O3. The molecule has 19 heavy (non-hydrogen) atoms. The molecule has 2 amide bonds. The van der Waals surface area contributed by atoms with Crippen molar-refractivity contribution < 1.29 is 14.7 Å². The van der Waals surface area contributed by atoms with Crippen LogP contribution in [0.1, 0.15) is 40.0 Å². The molecule has 2 N–H and O–H groups in total. The average Bonchev–Trinajstić information content (AvgIpc) is 2.74. The fourth-order valence-corrected chi connectivity index (χ4v) is 2.06. The molecule has 0 aliphatic carbocycles. The van der Waals surface area contributed by atoms with E-state index in [1.165, 1.54) is 0 Å². The minimum atomic E-state index is -1.05. The summed E-state index contributed by atoms with van der Waals surface area (Å²) < 4.78 is 0. The van der Waals surface area contributed by atoms with E-state index in [1.807, 2.05) is 6.92 Å². The first kappa shape index (κ1) is 15.5. The quantitative estimate of drug-likeness (QED) is 0.740. The third kappa shape index (κ3) is 4.54. The van der Waals surface area contributed by atoms with Crippen LogP contribution in [0, 0.1) is 11.8 Å². The lowest BCUT2D eigenvalue weighted by atomic mass is 10.0. The summed E-state index contributed by atoms with van der Waals surface area (Å²) in [4.78, 5) is 22.3. The Balaban J connectivity index is 2.57. The molecule has 0 saturated carbocycles. The van der Waals surface area contributed by atoms with Gasteiger partial charge in [0.2, 0.25) is 5.91 Å². The number of hydrazone groups is 1. The van der Waals surface area contributed by atoms with E-state index < -0.39 is 6.09 Å². The van der Waals surface area contributed by atoms with E-state index >= 15 is 0 Å². The van der Waals surface area contributed by atoms with Crippen molar-refractivity contribution in [2.24, 2.45) is 16.9 Å². The molecule has 0 spiro atoms. The van der Waals surface area contributed by atoms with Gasteiger partial charge < -0.3 is 10.4 Å². The van der Waals surface area contributed by atoms with Crippen molar-refractivity contribution in [3.63, 3.8) is 0 Å². The Hall–Kier alpha value is -1.59. The summed E-state index contributed by atoms with van der Waals surface area (Å²) >= 11 is 0. The van der Waals surface area contributed by atoms with Gasteiger partial charge in [-0.15, -0.1) is 0 Å². The summed E-state index contributed by atoms with van der Waals surface area (Å²) in [6.07, 6.45) is 1.32. The van der Waals surface area contributed by atoms with Crippen molar-refractivity contribution in [1.29, 1.82) is 0 Å². The lowest BCUT2D eigenvalue weighted by molar-refractivity contribution is -0.129. The van der Waals surface area contributed by atoms with E-state index in [4.69, 9.17) is 5.11 Å². The van der Waals surface area contributed by atoms with Crippen LogP contribution < -0.4 is 5.32 Å². The number of nitrogens with one attached hydrogen (secondary N) is 1. The number of carbonyl (C=O) groups excluding carboxylic acids is 1. The molecular weight excluding hydrogens is 246 g/mol. The summed E-state index contributed by atoms with van der Waals surface area (Å²) in [5.74, 6) is 0.440. The zero-order valence-electron chi connectivity index (χ0n) is 11.8. The van der Waals surface area contributed by atoms with Gasteiger partial charge in [0.05, 0.1) is 12.1 Å². The highest BCUT2D eigenvalue weighted by atomic mass is 16.4. The molecule has 0 saturated heterocycles. The van der Waals surface area contributed by atoms with Crippen LogP contribution in [0.15, 0.2) is 5.10 Å². The standard InChI is InChI=1S/C13H23N3O3/c1-4-10(5-2)8-16-12(17)6-11(15-16)9(3)7-14-13(18)19/h9-10,14H,4-8H2,1-3H3,(H,18,19). The van der Waals surface area contributed by atoms with Gasteiger partial charge in [-0.2, -0.15) is 5.10 Å². The van der Waals surface area contributed by atoms with Gasteiger partial charge >= 0.3 is 6.09 Å². The second-order valence-corrected chi connectivity index (χ2v) is 5.01. The highest BCUT2D eigenvalue weighted by molar-refractivity contribution is 6.06. The van der Waals surface area contributed by atoms with Gasteiger partial charge in [-0.3, -0.25) is 4.79 Å². The molecule has 0 aromatic carbocycles. The van der Waals surface area contributed by atoms with Crippen LogP contribution in [0.2, 0.25) is 0 Å². The summed E-state index contributed by atoms with van der Waals surface area (Å²) in [6.45, 7) is 7.05. The Morgan fingerprint density at radius 2 is 2.11 bits per heavy atom. The first-order chi connectivity index (χ1) is 8.97. The van der Waals surface area contributed by atoms with Crippen molar-refractivity contribution in [1.82, 2.24) is 10.3 Å². The van der Waals surface area contributed by atoms with E-state index in [0.717, 1.165) is 18.6 Å². The summed E-state index contributed by atoms with van der Waals surface area (Å²) in [6, 6.07) is 0. The zero-order chi connectivity index (χ0) is 14.4. The molecule has 0 aromatic rings. The van der Waals surface area contributed by atoms with Gasteiger partial charge in [-0.25, -0.2) is 9.80 Å². The molecule has 1 unspecified atom stereocenters. The van der Waals surface area contributed by atoms with E-state index in [1.54, 1.807) is 5.01 Å². The zero-order valence-corrected chi connectivity index (χ0v) is 11.8. The van der Waals surface area contributed by atoms with E-state index in [0.29, 0.717) is 25.4 Å². The topological polar surface area (TPSA) is 82.0 Å². The molecule has 0 fully saturated rings. The highest BCUT2D eigenvalue weighted by Gasteiger charge is 2.28. The smallest absolute Gasteiger partial charge is 0.404 e. The molecule has 1 atom stereocenters. The third-order valence-corrected chi connectivity index (χ3v) is 3.58. The van der Waals surface area contributed by atoms with Gasteiger partial charge in [-0.1, -0.05) is 33.6 Å². The van der Waals surface area contributed by atoms with Crippen molar-refractivity contribution in [3.05, 3.63) is 0 Å². The first-order valence-electron chi connectivity index (χ1n) is 6.82. The molecule has 0 radical (unpaired) electrons. The number of amides is 2. The Kier molecular flexibility index (Phi) is 5.79. The molecule has 6 nitrogen and oxygen atoms in total. The second kappa shape index (κ2) is 7.11. The number of nitrogens with zero attached hydrogens (tertiary/aromatic N) is 2. The van der Waals surface area contributed by atoms with Gasteiger partial charge in [0.25, 0.3) is 0 Å². The van der Waals surface area contributed by atoms with Gasteiger partial charge in [0.15, 0.2) is 0 Å².